The van der Waals surface area contributed by atoms with Gasteiger partial charge in [0.2, 0.25) is 5.91 Å². The van der Waals surface area contributed by atoms with Gasteiger partial charge in [0.1, 0.15) is 0 Å². The standard InChI is InChI=1S/C18H14ClN3O2S2/c19-13-4-1-3-12(9-13)17(24)21-14-5-2-6-15(10-14)26-11-16(23)22-18-20-7-8-25-18/h1-10H,11H2,(H,21,24)(H,20,22,23). The number of rotatable bonds is 6. The maximum absolute atomic E-state index is 12.3. The summed E-state index contributed by atoms with van der Waals surface area (Å²) in [6.45, 7) is 0. The normalized spacial score (nSPS) is 10.3. The highest BCUT2D eigenvalue weighted by Gasteiger charge is 2.08. The summed E-state index contributed by atoms with van der Waals surface area (Å²) >= 11 is 8.67. The van der Waals surface area contributed by atoms with Gasteiger partial charge in [0, 0.05) is 32.7 Å². The van der Waals surface area contributed by atoms with Crippen LogP contribution in [-0.2, 0) is 4.79 Å². The predicted octanol–water partition coefficient (Wildman–Crippen LogP) is 4.78. The van der Waals surface area contributed by atoms with Crippen LogP contribution in [0.2, 0.25) is 5.02 Å². The Hall–Kier alpha value is -2.35. The smallest absolute Gasteiger partial charge is 0.255 e. The number of hydrogen-bond acceptors (Lipinski definition) is 5. The van der Waals surface area contributed by atoms with Crippen molar-refractivity contribution in [1.82, 2.24) is 4.98 Å². The minimum atomic E-state index is -0.240. The molecule has 26 heavy (non-hydrogen) atoms. The van der Waals surface area contributed by atoms with Crippen molar-refractivity contribution in [3.05, 3.63) is 70.7 Å². The van der Waals surface area contributed by atoms with E-state index in [1.165, 1.54) is 23.1 Å². The molecular formula is C18H14ClN3O2S2. The number of carbonyl (C=O) groups is 2. The molecule has 5 nitrogen and oxygen atoms in total. The van der Waals surface area contributed by atoms with Crippen LogP contribution >= 0.6 is 34.7 Å². The summed E-state index contributed by atoms with van der Waals surface area (Å²) in [4.78, 5) is 29.1. The summed E-state index contributed by atoms with van der Waals surface area (Å²) in [5, 5.41) is 8.45. The van der Waals surface area contributed by atoms with Crippen molar-refractivity contribution in [3.8, 4) is 0 Å². The molecule has 132 valence electrons. The predicted molar refractivity (Wildman–Crippen MR) is 107 cm³/mol. The Morgan fingerprint density at radius 1 is 1.12 bits per heavy atom. The molecule has 0 bridgehead atoms. The van der Waals surface area contributed by atoms with Crippen LogP contribution < -0.4 is 10.6 Å². The van der Waals surface area contributed by atoms with E-state index in [1.807, 2.05) is 18.2 Å². The summed E-state index contributed by atoms with van der Waals surface area (Å²) < 4.78 is 0. The topological polar surface area (TPSA) is 71.1 Å². The molecule has 0 aliphatic rings. The summed E-state index contributed by atoms with van der Waals surface area (Å²) in [5.41, 5.74) is 1.14. The molecule has 8 heteroatoms. The Kier molecular flexibility index (Phi) is 6.27. The number of thioether (sulfide) groups is 1. The van der Waals surface area contributed by atoms with Crippen molar-refractivity contribution in [2.45, 2.75) is 4.90 Å². The molecule has 0 saturated carbocycles. The van der Waals surface area contributed by atoms with Gasteiger partial charge >= 0.3 is 0 Å². The molecule has 1 aromatic heterocycles. The fraction of sp³-hybridized carbons (Fsp3) is 0.0556. The lowest BCUT2D eigenvalue weighted by Crippen LogP contribution is -2.14. The van der Waals surface area contributed by atoms with Gasteiger partial charge in [0.05, 0.1) is 5.75 Å². The molecule has 0 fully saturated rings. The minimum Gasteiger partial charge on any atom is -0.322 e. The first-order valence-electron chi connectivity index (χ1n) is 7.59. The Balaban J connectivity index is 1.57. The number of halogens is 1. The highest BCUT2D eigenvalue weighted by Crippen LogP contribution is 2.23. The van der Waals surface area contributed by atoms with Crippen molar-refractivity contribution in [2.24, 2.45) is 0 Å². The number of nitrogens with zero attached hydrogens (tertiary/aromatic N) is 1. The number of aromatic nitrogens is 1. The molecule has 2 N–H and O–H groups in total. The van der Waals surface area contributed by atoms with Crippen molar-refractivity contribution in [1.29, 1.82) is 0 Å². The molecule has 2 aromatic carbocycles. The summed E-state index contributed by atoms with van der Waals surface area (Å²) in [6, 6.07) is 14.1. The van der Waals surface area contributed by atoms with E-state index in [0.29, 0.717) is 21.4 Å². The average molecular weight is 404 g/mol. The van der Waals surface area contributed by atoms with Gasteiger partial charge in [0.25, 0.3) is 5.91 Å². The van der Waals surface area contributed by atoms with Crippen molar-refractivity contribution in [2.75, 3.05) is 16.4 Å². The van der Waals surface area contributed by atoms with Crippen molar-refractivity contribution < 1.29 is 9.59 Å². The minimum absolute atomic E-state index is 0.127. The first-order valence-corrected chi connectivity index (χ1v) is 9.83. The first kappa shape index (κ1) is 18.4. The van der Waals surface area contributed by atoms with Gasteiger partial charge in [-0.25, -0.2) is 4.98 Å². The number of nitrogens with one attached hydrogen (secondary N) is 2. The number of amides is 2. The summed E-state index contributed by atoms with van der Waals surface area (Å²) in [6.07, 6.45) is 1.64. The lowest BCUT2D eigenvalue weighted by molar-refractivity contribution is -0.113. The van der Waals surface area contributed by atoms with Crippen LogP contribution in [0.25, 0.3) is 0 Å². The molecule has 0 saturated heterocycles. The maximum atomic E-state index is 12.3. The Bertz CT molecular complexity index is 916. The van der Waals surface area contributed by atoms with Gasteiger partial charge in [-0.15, -0.1) is 23.1 Å². The quantitative estimate of drug-likeness (QED) is 0.581. The van der Waals surface area contributed by atoms with E-state index in [4.69, 9.17) is 11.6 Å². The van der Waals surface area contributed by atoms with Gasteiger partial charge in [0.15, 0.2) is 5.13 Å². The zero-order valence-electron chi connectivity index (χ0n) is 13.4. The summed E-state index contributed by atoms with van der Waals surface area (Å²) in [5.74, 6) is -0.111. The lowest BCUT2D eigenvalue weighted by Gasteiger charge is -2.08. The molecule has 0 spiro atoms. The third kappa shape index (κ3) is 5.32. The monoisotopic (exact) mass is 403 g/mol. The van der Waals surface area contributed by atoms with Crippen LogP contribution in [0.5, 0.6) is 0 Å². The van der Waals surface area contributed by atoms with E-state index in [0.717, 1.165) is 4.90 Å². The highest BCUT2D eigenvalue weighted by molar-refractivity contribution is 8.00. The maximum Gasteiger partial charge on any atom is 0.255 e. The lowest BCUT2D eigenvalue weighted by atomic mass is 10.2. The zero-order chi connectivity index (χ0) is 18.4. The zero-order valence-corrected chi connectivity index (χ0v) is 15.8. The number of carbonyl (C=O) groups excluding carboxylic acids is 2. The Morgan fingerprint density at radius 3 is 2.73 bits per heavy atom. The van der Waals surface area contributed by atoms with Gasteiger partial charge in [-0.05, 0) is 36.4 Å². The van der Waals surface area contributed by atoms with Gasteiger partial charge in [-0.3, -0.25) is 9.59 Å². The molecule has 0 unspecified atom stereocenters. The summed E-state index contributed by atoms with van der Waals surface area (Å²) in [7, 11) is 0. The van der Waals surface area contributed by atoms with Crippen molar-refractivity contribution in [3.63, 3.8) is 0 Å². The van der Waals surface area contributed by atoms with E-state index >= 15 is 0 Å². The second-order valence-electron chi connectivity index (χ2n) is 5.17. The second-order valence-corrected chi connectivity index (χ2v) is 7.55. The van der Waals surface area contributed by atoms with Gasteiger partial charge in [-0.2, -0.15) is 0 Å². The molecule has 0 radical (unpaired) electrons. The van der Waals surface area contributed by atoms with Crippen LogP contribution in [0.1, 0.15) is 10.4 Å². The second kappa shape index (κ2) is 8.84. The van der Waals surface area contributed by atoms with E-state index < -0.39 is 0 Å². The van der Waals surface area contributed by atoms with Crippen LogP contribution in [0.4, 0.5) is 10.8 Å². The largest absolute Gasteiger partial charge is 0.322 e. The van der Waals surface area contributed by atoms with Crippen LogP contribution in [-0.4, -0.2) is 22.6 Å². The fourth-order valence-corrected chi connectivity index (χ4v) is 3.58. The van der Waals surface area contributed by atoms with Crippen LogP contribution in [0.15, 0.2) is 65.0 Å². The van der Waals surface area contributed by atoms with E-state index in [9.17, 15) is 9.59 Å². The third-order valence-electron chi connectivity index (χ3n) is 3.23. The number of benzene rings is 2. The first-order chi connectivity index (χ1) is 12.6. The number of anilines is 2. The Morgan fingerprint density at radius 2 is 1.96 bits per heavy atom. The molecule has 3 rings (SSSR count). The highest BCUT2D eigenvalue weighted by atomic mass is 35.5. The molecule has 0 aliphatic heterocycles. The third-order valence-corrected chi connectivity index (χ3v) is 5.14. The van der Waals surface area contributed by atoms with E-state index in [1.54, 1.807) is 41.9 Å². The van der Waals surface area contributed by atoms with Gasteiger partial charge < -0.3 is 10.6 Å². The number of hydrogen-bond donors (Lipinski definition) is 2. The van der Waals surface area contributed by atoms with Crippen LogP contribution in [0.3, 0.4) is 0 Å². The van der Waals surface area contributed by atoms with E-state index in [2.05, 4.69) is 15.6 Å². The Labute approximate surface area is 163 Å². The van der Waals surface area contributed by atoms with Crippen LogP contribution in [0, 0.1) is 0 Å². The van der Waals surface area contributed by atoms with Gasteiger partial charge in [-0.1, -0.05) is 23.7 Å². The average Bonchev–Trinajstić information content (AvgIpc) is 3.13. The molecule has 2 amide bonds. The fourth-order valence-electron chi connectivity index (χ4n) is 2.09. The molecular weight excluding hydrogens is 390 g/mol. The molecule has 0 atom stereocenters. The number of thiazole rings is 1. The molecule has 0 aliphatic carbocycles. The van der Waals surface area contributed by atoms with Crippen molar-refractivity contribution >= 4 is 57.3 Å². The molecule has 1 heterocycles. The van der Waals surface area contributed by atoms with E-state index in [-0.39, 0.29) is 17.6 Å². The molecule has 3 aromatic rings. The SMILES string of the molecule is O=C(CSc1cccc(NC(=O)c2cccc(Cl)c2)c1)Nc1nccs1.